The number of H-pyrrole nitrogens is 1. The van der Waals surface area contributed by atoms with Crippen molar-refractivity contribution in [2.24, 2.45) is 0 Å². The summed E-state index contributed by atoms with van der Waals surface area (Å²) in [5, 5.41) is 8.45. The highest BCUT2D eigenvalue weighted by Gasteiger charge is 2.36. The summed E-state index contributed by atoms with van der Waals surface area (Å²) in [6.45, 7) is 2.81. The van der Waals surface area contributed by atoms with E-state index in [1.807, 2.05) is 42.6 Å². The molecule has 35 heavy (non-hydrogen) atoms. The zero-order valence-electron chi connectivity index (χ0n) is 19.8. The van der Waals surface area contributed by atoms with Crippen LogP contribution in [-0.4, -0.2) is 17.4 Å². The molecule has 6 rings (SSSR count). The minimum atomic E-state index is -0.226. The highest BCUT2D eigenvalue weighted by atomic mass is 16.5. The van der Waals surface area contributed by atoms with Crippen LogP contribution in [0.1, 0.15) is 49.3 Å². The summed E-state index contributed by atoms with van der Waals surface area (Å²) in [5.74, 6) is 1.19. The van der Waals surface area contributed by atoms with Crippen molar-refractivity contribution < 1.29 is 9.53 Å². The molecule has 1 aromatic heterocycles. The van der Waals surface area contributed by atoms with Crippen molar-refractivity contribution in [2.45, 2.75) is 38.1 Å². The van der Waals surface area contributed by atoms with Crippen LogP contribution in [0.2, 0.25) is 0 Å². The second-order valence-corrected chi connectivity index (χ2v) is 9.38. The van der Waals surface area contributed by atoms with Crippen LogP contribution >= 0.6 is 0 Å². The molecular weight excluding hydrogens is 434 g/mol. The molecule has 0 spiro atoms. The lowest BCUT2D eigenvalue weighted by Gasteiger charge is -2.29. The third kappa shape index (κ3) is 3.97. The zero-order chi connectivity index (χ0) is 23.8. The molecule has 1 aliphatic heterocycles. The Labute approximate surface area is 205 Å². The predicted molar refractivity (Wildman–Crippen MR) is 141 cm³/mol. The molecular formula is C30H29N3O2. The quantitative estimate of drug-likeness (QED) is 0.300. The van der Waals surface area contributed by atoms with E-state index in [0.717, 1.165) is 57.7 Å². The lowest BCUT2D eigenvalue weighted by Crippen LogP contribution is -2.26. The van der Waals surface area contributed by atoms with Crippen LogP contribution in [0.25, 0.3) is 10.9 Å². The standard InChI is InChI=1S/C30H29N3O2/c1-2-15-35-21-13-11-19(12-14-21)20-16-27-29(28(34)17-20)30(33-26-10-6-5-9-25(26)32-27)23-18-31-24-8-4-3-7-22(23)24/h3-14,18,20,30-33H,2,15-17H2,1H3. The zero-order valence-corrected chi connectivity index (χ0v) is 19.8. The van der Waals surface area contributed by atoms with Gasteiger partial charge in [0.15, 0.2) is 5.78 Å². The van der Waals surface area contributed by atoms with E-state index in [-0.39, 0.29) is 17.7 Å². The van der Waals surface area contributed by atoms with Crippen LogP contribution in [0.15, 0.2) is 90.3 Å². The Morgan fingerprint density at radius 3 is 2.51 bits per heavy atom. The van der Waals surface area contributed by atoms with Crippen molar-refractivity contribution in [1.29, 1.82) is 0 Å². The van der Waals surface area contributed by atoms with Crippen molar-refractivity contribution in [3.8, 4) is 5.75 Å². The summed E-state index contributed by atoms with van der Waals surface area (Å²) in [4.78, 5) is 17.2. The van der Waals surface area contributed by atoms with Crippen LogP contribution in [0.3, 0.4) is 0 Å². The fourth-order valence-electron chi connectivity index (χ4n) is 5.35. The summed E-state index contributed by atoms with van der Waals surface area (Å²) in [5.41, 5.74) is 7.18. The molecule has 0 saturated carbocycles. The Hall–Kier alpha value is -3.99. The van der Waals surface area contributed by atoms with E-state index in [9.17, 15) is 4.79 Å². The third-order valence-electron chi connectivity index (χ3n) is 7.07. The number of fused-ring (bicyclic) bond motifs is 2. The van der Waals surface area contributed by atoms with E-state index >= 15 is 0 Å². The second kappa shape index (κ2) is 8.99. The number of aromatic amines is 1. The monoisotopic (exact) mass is 463 g/mol. The number of carbonyl (C=O) groups excluding carboxylic acids is 1. The number of benzene rings is 3. The van der Waals surface area contributed by atoms with Crippen LogP contribution in [0.4, 0.5) is 11.4 Å². The number of allylic oxidation sites excluding steroid dienone is 1. The van der Waals surface area contributed by atoms with Crippen molar-refractivity contribution >= 4 is 28.1 Å². The van der Waals surface area contributed by atoms with E-state index in [1.165, 1.54) is 5.56 Å². The first-order valence-electron chi connectivity index (χ1n) is 12.4. The van der Waals surface area contributed by atoms with Crippen molar-refractivity contribution in [1.82, 2.24) is 4.98 Å². The van der Waals surface area contributed by atoms with Gasteiger partial charge in [-0.15, -0.1) is 0 Å². The molecule has 0 fully saturated rings. The van der Waals surface area contributed by atoms with Crippen molar-refractivity contribution in [3.63, 3.8) is 0 Å². The predicted octanol–water partition coefficient (Wildman–Crippen LogP) is 6.94. The maximum atomic E-state index is 13.8. The number of hydrogen-bond donors (Lipinski definition) is 3. The van der Waals surface area contributed by atoms with Gasteiger partial charge in [-0.1, -0.05) is 49.4 Å². The number of anilines is 2. The molecule has 1 aliphatic carbocycles. The average molecular weight is 464 g/mol. The van der Waals surface area contributed by atoms with Gasteiger partial charge in [0.2, 0.25) is 0 Å². The van der Waals surface area contributed by atoms with Gasteiger partial charge in [0.1, 0.15) is 5.75 Å². The molecule has 2 atom stereocenters. The van der Waals surface area contributed by atoms with E-state index in [0.29, 0.717) is 13.0 Å². The number of nitrogens with one attached hydrogen (secondary N) is 3. The highest BCUT2D eigenvalue weighted by molar-refractivity contribution is 6.02. The Bertz CT molecular complexity index is 1420. The summed E-state index contributed by atoms with van der Waals surface area (Å²) >= 11 is 0. The lowest BCUT2D eigenvalue weighted by molar-refractivity contribution is -0.116. The lowest BCUT2D eigenvalue weighted by atomic mass is 9.78. The molecule has 0 saturated heterocycles. The Morgan fingerprint density at radius 1 is 0.914 bits per heavy atom. The van der Waals surface area contributed by atoms with E-state index < -0.39 is 0 Å². The highest BCUT2D eigenvalue weighted by Crippen LogP contribution is 2.45. The van der Waals surface area contributed by atoms with E-state index in [4.69, 9.17) is 4.74 Å². The molecule has 3 aromatic carbocycles. The number of carbonyl (C=O) groups is 1. The maximum absolute atomic E-state index is 13.8. The smallest absolute Gasteiger partial charge is 0.163 e. The molecule has 4 aromatic rings. The van der Waals surface area contributed by atoms with Gasteiger partial charge in [-0.05, 0) is 54.7 Å². The van der Waals surface area contributed by atoms with E-state index in [1.54, 1.807) is 0 Å². The first-order chi connectivity index (χ1) is 17.2. The van der Waals surface area contributed by atoms with Crippen LogP contribution < -0.4 is 15.4 Å². The molecule has 2 heterocycles. The minimum Gasteiger partial charge on any atom is -0.494 e. The number of aromatic nitrogens is 1. The number of Topliss-reactive ketones (excluding diaryl/α,β-unsaturated/α-hetero) is 1. The molecule has 5 nitrogen and oxygen atoms in total. The summed E-state index contributed by atoms with van der Waals surface area (Å²) in [7, 11) is 0. The molecule has 5 heteroatoms. The number of para-hydroxylation sites is 3. The third-order valence-corrected chi connectivity index (χ3v) is 7.07. The van der Waals surface area contributed by atoms with Crippen LogP contribution in [-0.2, 0) is 4.79 Å². The number of hydrogen-bond acceptors (Lipinski definition) is 4. The first kappa shape index (κ1) is 21.5. The molecule has 2 aliphatic rings. The average Bonchev–Trinajstić information content (AvgIpc) is 3.24. The van der Waals surface area contributed by atoms with Gasteiger partial charge < -0.3 is 20.4 Å². The largest absolute Gasteiger partial charge is 0.494 e. The van der Waals surface area contributed by atoms with Gasteiger partial charge in [0.05, 0.1) is 24.0 Å². The minimum absolute atomic E-state index is 0.128. The fourth-order valence-corrected chi connectivity index (χ4v) is 5.35. The van der Waals surface area contributed by atoms with Crippen LogP contribution in [0.5, 0.6) is 5.75 Å². The molecule has 2 unspecified atom stereocenters. The van der Waals surface area contributed by atoms with Crippen LogP contribution in [0, 0.1) is 0 Å². The summed E-state index contributed by atoms with van der Waals surface area (Å²) < 4.78 is 5.75. The fraction of sp³-hybridized carbons (Fsp3) is 0.233. The van der Waals surface area contributed by atoms with Gasteiger partial charge in [-0.3, -0.25) is 4.79 Å². The SMILES string of the molecule is CCCOc1ccc(C2CC(=O)C3=C(C2)Nc2ccccc2NC3c2c[nH]c3ccccc23)cc1. The topological polar surface area (TPSA) is 66.2 Å². The molecule has 0 amide bonds. The normalized spacial score (nSPS) is 19.4. The Balaban J connectivity index is 1.40. The summed E-state index contributed by atoms with van der Waals surface area (Å²) in [6.07, 6.45) is 4.29. The van der Waals surface area contributed by atoms with Gasteiger partial charge in [-0.25, -0.2) is 0 Å². The first-order valence-corrected chi connectivity index (χ1v) is 12.4. The summed E-state index contributed by atoms with van der Waals surface area (Å²) in [6, 6.07) is 24.5. The van der Waals surface area contributed by atoms with E-state index in [2.05, 4.69) is 58.9 Å². The van der Waals surface area contributed by atoms with Gasteiger partial charge in [0.25, 0.3) is 0 Å². The van der Waals surface area contributed by atoms with Gasteiger partial charge in [0, 0.05) is 40.4 Å². The molecule has 0 bridgehead atoms. The number of ketones is 1. The number of ether oxygens (including phenoxy) is 1. The van der Waals surface area contributed by atoms with Crippen molar-refractivity contribution in [3.05, 3.63) is 101 Å². The Morgan fingerprint density at radius 2 is 1.69 bits per heavy atom. The Kier molecular flexibility index (Phi) is 5.53. The van der Waals surface area contributed by atoms with Gasteiger partial charge in [-0.2, -0.15) is 0 Å². The van der Waals surface area contributed by atoms with Crippen molar-refractivity contribution in [2.75, 3.05) is 17.2 Å². The maximum Gasteiger partial charge on any atom is 0.163 e. The molecule has 176 valence electrons. The second-order valence-electron chi connectivity index (χ2n) is 9.38. The van der Waals surface area contributed by atoms with Gasteiger partial charge >= 0.3 is 0 Å². The molecule has 3 N–H and O–H groups in total. The molecule has 0 radical (unpaired) electrons. The number of rotatable bonds is 5.